The van der Waals surface area contributed by atoms with Crippen molar-refractivity contribution in [3.05, 3.63) is 11.1 Å². The smallest absolute Gasteiger partial charge is 0.267 e. The Morgan fingerprint density at radius 2 is 2.60 bits per heavy atom. The number of carbonyl (C=O) groups excluding carboxylic acids is 1. The average molecular weight is 226 g/mol. The first kappa shape index (κ1) is 10.5. The zero-order valence-electron chi connectivity index (χ0n) is 8.64. The van der Waals surface area contributed by atoms with E-state index in [2.05, 4.69) is 14.9 Å². The van der Waals surface area contributed by atoms with Crippen molar-refractivity contribution in [1.29, 1.82) is 0 Å². The number of likely N-dealkylation sites (N-methyl/N-ethyl adjacent to an activating group) is 1. The summed E-state index contributed by atoms with van der Waals surface area (Å²) in [5, 5.41) is 6.89. The third kappa shape index (κ3) is 2.32. The zero-order valence-corrected chi connectivity index (χ0v) is 9.46. The fourth-order valence-corrected chi connectivity index (χ4v) is 2.30. The van der Waals surface area contributed by atoms with Crippen LogP contribution in [-0.2, 0) is 0 Å². The van der Waals surface area contributed by atoms with Crippen LogP contribution in [0.3, 0.4) is 0 Å². The lowest BCUT2D eigenvalue weighted by Gasteiger charge is -2.32. The number of carbonyl (C=O) groups is 1. The molecule has 1 unspecified atom stereocenters. The minimum Gasteiger partial charge on any atom is -0.336 e. The van der Waals surface area contributed by atoms with Crippen LogP contribution in [0.5, 0.6) is 0 Å². The second-order valence-electron chi connectivity index (χ2n) is 3.66. The molecule has 2 rings (SSSR count). The lowest BCUT2D eigenvalue weighted by atomic mass is 10.1. The average Bonchev–Trinajstić information content (AvgIpc) is 2.81. The van der Waals surface area contributed by atoms with E-state index >= 15 is 0 Å². The molecule has 0 aliphatic carbocycles. The van der Waals surface area contributed by atoms with Crippen molar-refractivity contribution >= 4 is 17.4 Å². The molecule has 0 aromatic carbocycles. The van der Waals surface area contributed by atoms with Gasteiger partial charge in [0, 0.05) is 19.1 Å². The molecule has 1 N–H and O–H groups in total. The number of likely N-dealkylation sites (tertiary alicyclic amines) is 1. The van der Waals surface area contributed by atoms with Gasteiger partial charge < -0.3 is 10.2 Å². The SMILES string of the molecule is CNC1CCCN(C(=O)c2cnns2)C1. The molecule has 1 atom stereocenters. The van der Waals surface area contributed by atoms with Gasteiger partial charge >= 0.3 is 0 Å². The van der Waals surface area contributed by atoms with Gasteiger partial charge in [-0.15, -0.1) is 5.10 Å². The fourth-order valence-electron chi connectivity index (χ4n) is 1.81. The maximum absolute atomic E-state index is 12.0. The van der Waals surface area contributed by atoms with E-state index in [4.69, 9.17) is 0 Å². The molecule has 6 heteroatoms. The zero-order chi connectivity index (χ0) is 10.7. The van der Waals surface area contributed by atoms with Crippen molar-refractivity contribution in [1.82, 2.24) is 19.8 Å². The van der Waals surface area contributed by atoms with Crippen LogP contribution in [0.15, 0.2) is 6.20 Å². The lowest BCUT2D eigenvalue weighted by molar-refractivity contribution is 0.0703. The molecule has 1 fully saturated rings. The highest BCUT2D eigenvalue weighted by Gasteiger charge is 2.24. The van der Waals surface area contributed by atoms with E-state index in [1.54, 1.807) is 0 Å². The summed E-state index contributed by atoms with van der Waals surface area (Å²) in [6, 6.07) is 0.420. The summed E-state index contributed by atoms with van der Waals surface area (Å²) in [6.45, 7) is 1.63. The molecule has 15 heavy (non-hydrogen) atoms. The van der Waals surface area contributed by atoms with Crippen LogP contribution >= 0.6 is 11.5 Å². The summed E-state index contributed by atoms with van der Waals surface area (Å²) in [6.07, 6.45) is 3.74. The quantitative estimate of drug-likeness (QED) is 0.791. The Bertz CT molecular complexity index is 327. The Hall–Kier alpha value is -1.01. The standard InChI is InChI=1S/C9H14N4OS/c1-10-7-3-2-4-13(6-7)9(14)8-5-11-12-15-8/h5,7,10H,2-4,6H2,1H3. The first-order valence-electron chi connectivity index (χ1n) is 5.05. The largest absolute Gasteiger partial charge is 0.336 e. The highest BCUT2D eigenvalue weighted by atomic mass is 32.1. The maximum atomic E-state index is 12.0. The van der Waals surface area contributed by atoms with E-state index < -0.39 is 0 Å². The van der Waals surface area contributed by atoms with Gasteiger partial charge in [-0.25, -0.2) is 0 Å². The van der Waals surface area contributed by atoms with Gasteiger partial charge in [-0.3, -0.25) is 4.79 Å². The third-order valence-corrected chi connectivity index (χ3v) is 3.34. The molecule has 0 spiro atoms. The van der Waals surface area contributed by atoms with E-state index in [0.717, 1.165) is 37.5 Å². The molecule has 1 aliphatic heterocycles. The third-order valence-electron chi connectivity index (χ3n) is 2.69. The summed E-state index contributed by atoms with van der Waals surface area (Å²) in [4.78, 5) is 14.5. The van der Waals surface area contributed by atoms with Gasteiger partial charge in [-0.05, 0) is 31.4 Å². The summed E-state index contributed by atoms with van der Waals surface area (Å²) >= 11 is 1.16. The van der Waals surface area contributed by atoms with Crippen LogP contribution in [0.25, 0.3) is 0 Å². The van der Waals surface area contributed by atoms with E-state index in [-0.39, 0.29) is 5.91 Å². The van der Waals surface area contributed by atoms with Crippen LogP contribution in [0.4, 0.5) is 0 Å². The Kier molecular flexibility index (Phi) is 3.27. The van der Waals surface area contributed by atoms with Crippen LogP contribution < -0.4 is 5.32 Å². The van der Waals surface area contributed by atoms with Gasteiger partial charge in [0.25, 0.3) is 5.91 Å². The summed E-state index contributed by atoms with van der Waals surface area (Å²) < 4.78 is 3.71. The first-order chi connectivity index (χ1) is 7.31. The summed E-state index contributed by atoms with van der Waals surface area (Å²) in [5.74, 6) is 0.0601. The van der Waals surface area contributed by atoms with Gasteiger partial charge in [0.2, 0.25) is 0 Å². The minimum atomic E-state index is 0.0601. The number of nitrogens with one attached hydrogen (secondary N) is 1. The number of hydrogen-bond donors (Lipinski definition) is 1. The van der Waals surface area contributed by atoms with Crippen molar-refractivity contribution in [2.24, 2.45) is 0 Å². The first-order valence-corrected chi connectivity index (χ1v) is 5.82. The molecule has 1 aliphatic rings. The van der Waals surface area contributed by atoms with Crippen molar-refractivity contribution in [3.63, 3.8) is 0 Å². The monoisotopic (exact) mass is 226 g/mol. The Balaban J connectivity index is 2.01. The van der Waals surface area contributed by atoms with Gasteiger partial charge in [-0.1, -0.05) is 4.49 Å². The second kappa shape index (κ2) is 4.67. The number of aromatic nitrogens is 2. The van der Waals surface area contributed by atoms with Gasteiger partial charge in [0.05, 0.1) is 6.20 Å². The molecule has 1 aromatic rings. The van der Waals surface area contributed by atoms with Crippen LogP contribution in [0.2, 0.25) is 0 Å². The minimum absolute atomic E-state index is 0.0601. The topological polar surface area (TPSA) is 58.1 Å². The summed E-state index contributed by atoms with van der Waals surface area (Å²) in [7, 11) is 1.94. The number of piperidine rings is 1. The highest BCUT2D eigenvalue weighted by molar-refractivity contribution is 7.07. The number of hydrogen-bond acceptors (Lipinski definition) is 5. The number of rotatable bonds is 2. The molecular formula is C9H14N4OS. The van der Waals surface area contributed by atoms with E-state index in [9.17, 15) is 4.79 Å². The second-order valence-corrected chi connectivity index (χ2v) is 4.45. The Morgan fingerprint density at radius 3 is 3.27 bits per heavy atom. The molecule has 5 nitrogen and oxygen atoms in total. The number of nitrogens with zero attached hydrogens (tertiary/aromatic N) is 3. The molecule has 0 radical (unpaired) electrons. The molecule has 2 heterocycles. The van der Waals surface area contributed by atoms with Crippen LogP contribution in [0, 0.1) is 0 Å². The predicted octanol–water partition coefficient (Wildman–Crippen LogP) is 0.362. The molecule has 0 saturated carbocycles. The van der Waals surface area contributed by atoms with E-state index in [1.807, 2.05) is 11.9 Å². The number of amides is 1. The van der Waals surface area contributed by atoms with Crippen molar-refractivity contribution in [3.8, 4) is 0 Å². The highest BCUT2D eigenvalue weighted by Crippen LogP contribution is 2.14. The van der Waals surface area contributed by atoms with E-state index in [0.29, 0.717) is 10.9 Å². The summed E-state index contributed by atoms with van der Waals surface area (Å²) in [5.41, 5.74) is 0. The van der Waals surface area contributed by atoms with Crippen molar-refractivity contribution in [2.45, 2.75) is 18.9 Å². The van der Waals surface area contributed by atoms with Gasteiger partial charge in [0.15, 0.2) is 0 Å². The van der Waals surface area contributed by atoms with E-state index in [1.165, 1.54) is 6.20 Å². The normalized spacial score (nSPS) is 21.7. The van der Waals surface area contributed by atoms with Crippen LogP contribution in [-0.4, -0.2) is 46.6 Å². The Labute approximate surface area is 92.6 Å². The molecule has 1 saturated heterocycles. The van der Waals surface area contributed by atoms with Crippen LogP contribution in [0.1, 0.15) is 22.5 Å². The van der Waals surface area contributed by atoms with Gasteiger partial charge in [-0.2, -0.15) is 0 Å². The Morgan fingerprint density at radius 1 is 1.73 bits per heavy atom. The fraction of sp³-hybridized carbons (Fsp3) is 0.667. The maximum Gasteiger partial charge on any atom is 0.267 e. The molecule has 82 valence electrons. The molecular weight excluding hydrogens is 212 g/mol. The van der Waals surface area contributed by atoms with Gasteiger partial charge in [0.1, 0.15) is 4.88 Å². The molecule has 1 amide bonds. The molecule has 0 bridgehead atoms. The van der Waals surface area contributed by atoms with Crippen molar-refractivity contribution < 1.29 is 4.79 Å². The van der Waals surface area contributed by atoms with Crippen molar-refractivity contribution in [2.75, 3.05) is 20.1 Å². The predicted molar refractivity (Wildman–Crippen MR) is 57.9 cm³/mol. The molecule has 1 aromatic heterocycles. The lowest BCUT2D eigenvalue weighted by Crippen LogP contribution is -2.46.